The van der Waals surface area contributed by atoms with Crippen LogP contribution in [0.1, 0.15) is 31.7 Å². The summed E-state index contributed by atoms with van der Waals surface area (Å²) in [5, 5.41) is 3.19. The highest BCUT2D eigenvalue weighted by molar-refractivity contribution is 9.10. The van der Waals surface area contributed by atoms with E-state index in [2.05, 4.69) is 51.3 Å². The number of hydrogen-bond donors (Lipinski definition) is 1. The van der Waals surface area contributed by atoms with Gasteiger partial charge in [0.15, 0.2) is 0 Å². The zero-order valence-corrected chi connectivity index (χ0v) is 14.1. The van der Waals surface area contributed by atoms with Gasteiger partial charge in [-0.1, -0.05) is 28.9 Å². The Labute approximate surface area is 130 Å². The van der Waals surface area contributed by atoms with Gasteiger partial charge in [0.25, 0.3) is 0 Å². The number of rotatable bonds is 6. The molecule has 0 aliphatic carbocycles. The summed E-state index contributed by atoms with van der Waals surface area (Å²) in [6.07, 6.45) is 3.89. The third-order valence-electron chi connectivity index (χ3n) is 3.70. The minimum absolute atomic E-state index is 0.388. The van der Waals surface area contributed by atoms with E-state index in [1.54, 1.807) is 0 Å². The lowest BCUT2D eigenvalue weighted by molar-refractivity contribution is 0.0440. The van der Waals surface area contributed by atoms with Crippen LogP contribution in [0.3, 0.4) is 0 Å². The highest BCUT2D eigenvalue weighted by atomic mass is 79.9. The molecule has 0 bridgehead atoms. The van der Waals surface area contributed by atoms with Crippen molar-refractivity contribution in [3.8, 4) is 0 Å². The fraction of sp³-hybridized carbons (Fsp3) is 0.625. The lowest BCUT2D eigenvalue weighted by Gasteiger charge is -2.34. The van der Waals surface area contributed by atoms with E-state index in [1.165, 1.54) is 28.6 Å². The second-order valence-electron chi connectivity index (χ2n) is 5.39. The Balaban J connectivity index is 2.01. The number of nitrogens with zero attached hydrogens (tertiary/aromatic N) is 1. The fourth-order valence-electron chi connectivity index (χ4n) is 2.66. The van der Waals surface area contributed by atoms with Gasteiger partial charge in [-0.05, 0) is 44.0 Å². The average molecular weight is 341 g/mol. The van der Waals surface area contributed by atoms with Gasteiger partial charge in [-0.3, -0.25) is 0 Å². The molecular formula is C16H25BrN2O. The first-order valence-corrected chi connectivity index (χ1v) is 8.33. The summed E-state index contributed by atoms with van der Waals surface area (Å²) in [5.74, 6) is 0. The summed E-state index contributed by atoms with van der Waals surface area (Å²) >= 11 is 3.67. The van der Waals surface area contributed by atoms with E-state index in [0.29, 0.717) is 6.10 Å². The molecule has 1 fully saturated rings. The van der Waals surface area contributed by atoms with Gasteiger partial charge in [0, 0.05) is 36.4 Å². The molecule has 2 rings (SSSR count). The molecule has 0 saturated carbocycles. The number of anilines is 1. The number of ether oxygens (including phenoxy) is 1. The molecule has 4 heteroatoms. The van der Waals surface area contributed by atoms with Crippen molar-refractivity contribution in [1.29, 1.82) is 0 Å². The van der Waals surface area contributed by atoms with E-state index in [1.807, 2.05) is 7.05 Å². The average Bonchev–Trinajstić information content (AvgIpc) is 2.48. The predicted molar refractivity (Wildman–Crippen MR) is 88.4 cm³/mol. The molecule has 1 N–H and O–H groups in total. The van der Waals surface area contributed by atoms with Gasteiger partial charge < -0.3 is 15.0 Å². The summed E-state index contributed by atoms with van der Waals surface area (Å²) in [7, 11) is 1.97. The van der Waals surface area contributed by atoms with Crippen molar-refractivity contribution < 1.29 is 4.74 Å². The highest BCUT2D eigenvalue weighted by Crippen LogP contribution is 2.27. The van der Waals surface area contributed by atoms with Crippen LogP contribution < -0.4 is 10.2 Å². The van der Waals surface area contributed by atoms with Gasteiger partial charge in [0.2, 0.25) is 0 Å². The number of halogens is 1. The second kappa shape index (κ2) is 8.01. The lowest BCUT2D eigenvalue weighted by Crippen LogP contribution is -2.39. The van der Waals surface area contributed by atoms with Crippen molar-refractivity contribution in [2.24, 2.45) is 0 Å². The summed E-state index contributed by atoms with van der Waals surface area (Å²) in [5.41, 5.74) is 2.59. The van der Waals surface area contributed by atoms with Gasteiger partial charge >= 0.3 is 0 Å². The molecule has 0 aromatic heterocycles. The molecule has 1 aromatic carbocycles. The third kappa shape index (κ3) is 4.21. The van der Waals surface area contributed by atoms with E-state index in [-0.39, 0.29) is 0 Å². The summed E-state index contributed by atoms with van der Waals surface area (Å²) in [4.78, 5) is 2.44. The van der Waals surface area contributed by atoms with Crippen LogP contribution in [0.5, 0.6) is 0 Å². The van der Waals surface area contributed by atoms with Crippen molar-refractivity contribution in [1.82, 2.24) is 5.32 Å². The van der Waals surface area contributed by atoms with E-state index in [0.717, 1.165) is 32.7 Å². The maximum Gasteiger partial charge on any atom is 0.0750 e. The summed E-state index contributed by atoms with van der Waals surface area (Å²) in [6.45, 7) is 6.08. The van der Waals surface area contributed by atoms with Gasteiger partial charge in [-0.25, -0.2) is 0 Å². The Morgan fingerprint density at radius 2 is 2.30 bits per heavy atom. The zero-order valence-electron chi connectivity index (χ0n) is 12.5. The Morgan fingerprint density at radius 3 is 3.00 bits per heavy atom. The maximum absolute atomic E-state index is 5.91. The molecule has 1 aromatic rings. The van der Waals surface area contributed by atoms with Crippen LogP contribution in [0.2, 0.25) is 0 Å². The quantitative estimate of drug-likeness (QED) is 0.856. The van der Waals surface area contributed by atoms with Crippen molar-refractivity contribution in [3.05, 3.63) is 28.2 Å². The van der Waals surface area contributed by atoms with Gasteiger partial charge in [-0.15, -0.1) is 0 Å². The van der Waals surface area contributed by atoms with Crippen molar-refractivity contribution in [3.63, 3.8) is 0 Å². The van der Waals surface area contributed by atoms with Gasteiger partial charge in [-0.2, -0.15) is 0 Å². The van der Waals surface area contributed by atoms with Crippen LogP contribution >= 0.6 is 15.9 Å². The molecule has 20 heavy (non-hydrogen) atoms. The first kappa shape index (κ1) is 15.8. The molecular weight excluding hydrogens is 316 g/mol. The topological polar surface area (TPSA) is 24.5 Å². The number of benzene rings is 1. The van der Waals surface area contributed by atoms with Gasteiger partial charge in [0.1, 0.15) is 0 Å². The standard InChI is InChI=1S/C16H25BrN2O/c1-3-9-20-15-5-4-8-19(12-15)14-7-6-13(11-18-2)16(17)10-14/h6-7,10,15,18H,3-5,8-9,11-12H2,1-2H3. The molecule has 1 saturated heterocycles. The molecule has 1 atom stereocenters. The van der Waals surface area contributed by atoms with Crippen LogP contribution in [-0.2, 0) is 11.3 Å². The third-order valence-corrected chi connectivity index (χ3v) is 4.44. The smallest absolute Gasteiger partial charge is 0.0750 e. The summed E-state index contributed by atoms with van der Waals surface area (Å²) in [6, 6.07) is 6.65. The van der Waals surface area contributed by atoms with Crippen LogP contribution in [0, 0.1) is 0 Å². The van der Waals surface area contributed by atoms with Crippen molar-refractivity contribution in [2.75, 3.05) is 31.6 Å². The SMILES string of the molecule is CCCOC1CCCN(c2ccc(CNC)c(Br)c2)C1. The van der Waals surface area contributed by atoms with Crippen LogP contribution in [0.15, 0.2) is 22.7 Å². The predicted octanol–water partition coefficient (Wildman–Crippen LogP) is 3.56. The Bertz CT molecular complexity index is 425. The molecule has 0 amide bonds. The fourth-order valence-corrected chi connectivity index (χ4v) is 3.17. The maximum atomic E-state index is 5.91. The lowest BCUT2D eigenvalue weighted by atomic mass is 10.1. The Kier molecular flexibility index (Phi) is 6.33. The molecule has 0 radical (unpaired) electrons. The van der Waals surface area contributed by atoms with Crippen LogP contribution in [-0.4, -0.2) is 32.8 Å². The normalized spacial score (nSPS) is 19.4. The first-order valence-electron chi connectivity index (χ1n) is 7.54. The van der Waals surface area contributed by atoms with Gasteiger partial charge in [0.05, 0.1) is 6.10 Å². The zero-order chi connectivity index (χ0) is 14.4. The minimum atomic E-state index is 0.388. The Morgan fingerprint density at radius 1 is 1.45 bits per heavy atom. The number of hydrogen-bond acceptors (Lipinski definition) is 3. The van der Waals surface area contributed by atoms with E-state index >= 15 is 0 Å². The second-order valence-corrected chi connectivity index (χ2v) is 6.24. The monoisotopic (exact) mass is 340 g/mol. The van der Waals surface area contributed by atoms with Crippen LogP contribution in [0.25, 0.3) is 0 Å². The molecule has 3 nitrogen and oxygen atoms in total. The Hall–Kier alpha value is -0.580. The molecule has 112 valence electrons. The van der Waals surface area contributed by atoms with E-state index in [4.69, 9.17) is 4.74 Å². The van der Waals surface area contributed by atoms with Crippen LogP contribution in [0.4, 0.5) is 5.69 Å². The molecule has 0 spiro atoms. The largest absolute Gasteiger partial charge is 0.376 e. The first-order chi connectivity index (χ1) is 9.74. The molecule has 1 heterocycles. The number of piperidine rings is 1. The minimum Gasteiger partial charge on any atom is -0.376 e. The summed E-state index contributed by atoms with van der Waals surface area (Å²) < 4.78 is 7.09. The van der Waals surface area contributed by atoms with E-state index < -0.39 is 0 Å². The van der Waals surface area contributed by atoms with Crippen molar-refractivity contribution in [2.45, 2.75) is 38.8 Å². The molecule has 1 unspecified atom stereocenters. The van der Waals surface area contributed by atoms with E-state index in [9.17, 15) is 0 Å². The molecule has 1 aliphatic rings. The highest BCUT2D eigenvalue weighted by Gasteiger charge is 2.20. The molecule has 1 aliphatic heterocycles. The van der Waals surface area contributed by atoms with Crippen molar-refractivity contribution >= 4 is 21.6 Å². The number of nitrogens with one attached hydrogen (secondary N) is 1.